The van der Waals surface area contributed by atoms with E-state index >= 15 is 0 Å². The van der Waals surface area contributed by atoms with Crippen LogP contribution in [0.4, 0.5) is 0 Å². The maximum Gasteiger partial charge on any atom is 0.306 e. The molecule has 0 saturated carbocycles. The number of unbranched alkanes of at least 4 members (excludes halogenated alkanes) is 23. The molecule has 6 nitrogen and oxygen atoms in total. The standard InChI is InChI=1S/C58H99NO5/c1-4-7-10-13-16-19-22-25-27-29-31-33-36-39-42-45-48-51-58(63)64-54(49-46-43-40-37-34-24-21-18-15-12-9-6-3)52-57(62)59-55(53-60)56(61)50-47-44-41-38-35-32-30-28-26-23-20-17-14-11-8-5-2/h7,9-10,12-13,16,18-19,21-22,25,27,29,31,33,36,54-56,60-61H,4-6,8,11,14-15,17,20,23-24,26,28,30,32,34-35,37-53H2,1-3H3,(H,59,62)/b10-7-,12-9+,16-13+,21-18+,22-19+,27-25-,31-29+,36-33+. The van der Waals surface area contributed by atoms with Gasteiger partial charge in [0.05, 0.1) is 25.2 Å². The second-order valence-corrected chi connectivity index (χ2v) is 17.7. The number of carbonyl (C=O) groups excluding carboxylic acids is 2. The molecule has 0 aliphatic carbocycles. The van der Waals surface area contributed by atoms with E-state index in [9.17, 15) is 19.8 Å². The van der Waals surface area contributed by atoms with Crippen molar-refractivity contribution in [1.82, 2.24) is 5.32 Å². The lowest BCUT2D eigenvalue weighted by Gasteiger charge is -2.24. The zero-order valence-corrected chi connectivity index (χ0v) is 41.6. The van der Waals surface area contributed by atoms with Crippen LogP contribution < -0.4 is 5.32 Å². The Bertz CT molecular complexity index is 1270. The van der Waals surface area contributed by atoms with Gasteiger partial charge in [-0.2, -0.15) is 0 Å². The first-order valence-corrected chi connectivity index (χ1v) is 26.5. The molecule has 0 aromatic rings. The monoisotopic (exact) mass is 890 g/mol. The van der Waals surface area contributed by atoms with Crippen molar-refractivity contribution in [3.63, 3.8) is 0 Å². The minimum absolute atomic E-state index is 0.0444. The van der Waals surface area contributed by atoms with Gasteiger partial charge < -0.3 is 20.3 Å². The highest BCUT2D eigenvalue weighted by atomic mass is 16.5. The SMILES string of the molecule is CC\C=C/C=C/C=C/C=C\C=C\C=C\CCCCCC(=O)OC(CCCCCCC/C=C/C/C=C/CC)CC(=O)NC(CO)C(O)CCCCCCCCCCCCCCCCCC. The fourth-order valence-electron chi connectivity index (χ4n) is 7.62. The molecule has 64 heavy (non-hydrogen) atoms. The molecule has 366 valence electrons. The number of amides is 1. The summed E-state index contributed by atoms with van der Waals surface area (Å²) in [4.78, 5) is 26.2. The van der Waals surface area contributed by atoms with Crippen LogP contribution in [0.15, 0.2) is 97.2 Å². The van der Waals surface area contributed by atoms with Crippen molar-refractivity contribution in [1.29, 1.82) is 0 Å². The maximum absolute atomic E-state index is 13.2. The van der Waals surface area contributed by atoms with Gasteiger partial charge in [0.2, 0.25) is 5.91 Å². The smallest absolute Gasteiger partial charge is 0.306 e. The van der Waals surface area contributed by atoms with Gasteiger partial charge in [-0.1, -0.05) is 246 Å². The van der Waals surface area contributed by atoms with E-state index in [4.69, 9.17) is 4.74 Å². The van der Waals surface area contributed by atoms with Crippen LogP contribution >= 0.6 is 0 Å². The second kappa shape index (κ2) is 50.8. The Kier molecular flexibility index (Phi) is 48.2. The number of aliphatic hydroxyl groups is 2. The number of hydrogen-bond donors (Lipinski definition) is 3. The van der Waals surface area contributed by atoms with Crippen molar-refractivity contribution in [2.75, 3.05) is 6.61 Å². The molecule has 0 rings (SSSR count). The summed E-state index contributed by atoms with van der Waals surface area (Å²) in [7, 11) is 0. The topological polar surface area (TPSA) is 95.9 Å². The van der Waals surface area contributed by atoms with Gasteiger partial charge in [0.1, 0.15) is 6.10 Å². The third-order valence-electron chi connectivity index (χ3n) is 11.6. The lowest BCUT2D eigenvalue weighted by Crippen LogP contribution is -2.46. The molecule has 0 aromatic carbocycles. The highest BCUT2D eigenvalue weighted by molar-refractivity contribution is 5.77. The summed E-state index contributed by atoms with van der Waals surface area (Å²) < 4.78 is 5.91. The number of hydrogen-bond acceptors (Lipinski definition) is 5. The Morgan fingerprint density at radius 1 is 0.484 bits per heavy atom. The minimum atomic E-state index is -0.805. The van der Waals surface area contributed by atoms with E-state index in [1.165, 1.54) is 83.5 Å². The largest absolute Gasteiger partial charge is 0.462 e. The molecule has 0 aromatic heterocycles. The Labute approximate surface area is 395 Å². The van der Waals surface area contributed by atoms with Crippen LogP contribution in [0.2, 0.25) is 0 Å². The average Bonchev–Trinajstić information content (AvgIpc) is 3.29. The number of aliphatic hydroxyl groups excluding tert-OH is 2. The lowest BCUT2D eigenvalue weighted by molar-refractivity contribution is -0.151. The van der Waals surface area contributed by atoms with Gasteiger partial charge in [0.25, 0.3) is 0 Å². The van der Waals surface area contributed by atoms with E-state index in [0.29, 0.717) is 19.3 Å². The van der Waals surface area contributed by atoms with E-state index < -0.39 is 18.2 Å². The number of ether oxygens (including phenoxy) is 1. The van der Waals surface area contributed by atoms with E-state index in [0.717, 1.165) is 103 Å². The Balaban J connectivity index is 4.63. The fraction of sp³-hybridized carbons (Fsp3) is 0.690. The normalized spacial score (nSPS) is 14.0. The van der Waals surface area contributed by atoms with E-state index in [1.54, 1.807) is 0 Å². The van der Waals surface area contributed by atoms with Crippen molar-refractivity contribution >= 4 is 11.9 Å². The highest BCUT2D eigenvalue weighted by Crippen LogP contribution is 2.18. The minimum Gasteiger partial charge on any atom is -0.462 e. The number of nitrogens with one attached hydrogen (secondary N) is 1. The van der Waals surface area contributed by atoms with E-state index in [1.807, 2.05) is 54.7 Å². The van der Waals surface area contributed by atoms with Crippen LogP contribution in [-0.2, 0) is 14.3 Å². The van der Waals surface area contributed by atoms with Crippen LogP contribution in [-0.4, -0.2) is 46.9 Å². The van der Waals surface area contributed by atoms with E-state index in [-0.39, 0.29) is 24.9 Å². The van der Waals surface area contributed by atoms with E-state index in [2.05, 4.69) is 68.6 Å². The predicted octanol–water partition coefficient (Wildman–Crippen LogP) is 16.1. The van der Waals surface area contributed by atoms with Gasteiger partial charge in [0.15, 0.2) is 0 Å². The first-order chi connectivity index (χ1) is 31.5. The molecule has 6 heteroatoms. The van der Waals surface area contributed by atoms with Gasteiger partial charge >= 0.3 is 5.97 Å². The van der Waals surface area contributed by atoms with Crippen molar-refractivity contribution in [2.45, 2.75) is 251 Å². The third-order valence-corrected chi connectivity index (χ3v) is 11.6. The number of rotatable bonds is 46. The molecular formula is C58H99NO5. The van der Waals surface area contributed by atoms with Crippen molar-refractivity contribution in [2.24, 2.45) is 0 Å². The second-order valence-electron chi connectivity index (χ2n) is 17.7. The van der Waals surface area contributed by atoms with Crippen LogP contribution in [0.3, 0.4) is 0 Å². The molecule has 0 radical (unpaired) electrons. The lowest BCUT2D eigenvalue weighted by atomic mass is 10.0. The van der Waals surface area contributed by atoms with Gasteiger partial charge in [-0.15, -0.1) is 0 Å². The molecule has 3 N–H and O–H groups in total. The van der Waals surface area contributed by atoms with Crippen LogP contribution in [0.5, 0.6) is 0 Å². The highest BCUT2D eigenvalue weighted by Gasteiger charge is 2.24. The van der Waals surface area contributed by atoms with Gasteiger partial charge in [0, 0.05) is 6.42 Å². The average molecular weight is 890 g/mol. The van der Waals surface area contributed by atoms with Gasteiger partial charge in [-0.05, 0) is 70.6 Å². The van der Waals surface area contributed by atoms with Crippen LogP contribution in [0, 0.1) is 0 Å². The van der Waals surface area contributed by atoms with Crippen LogP contribution in [0.1, 0.15) is 233 Å². The summed E-state index contributed by atoms with van der Waals surface area (Å²) >= 11 is 0. The van der Waals surface area contributed by atoms with Gasteiger partial charge in [-0.25, -0.2) is 0 Å². The Morgan fingerprint density at radius 2 is 0.922 bits per heavy atom. The van der Waals surface area contributed by atoms with Gasteiger partial charge in [-0.3, -0.25) is 9.59 Å². The zero-order valence-electron chi connectivity index (χ0n) is 41.6. The Hall–Kier alpha value is -3.22. The molecule has 1 amide bonds. The molecule has 0 aliphatic rings. The third kappa shape index (κ3) is 45.4. The summed E-state index contributed by atoms with van der Waals surface area (Å²) in [6.07, 6.45) is 67.5. The molecule has 0 fully saturated rings. The summed E-state index contributed by atoms with van der Waals surface area (Å²) in [6, 6.07) is -0.722. The molecule has 0 aliphatic heterocycles. The van der Waals surface area contributed by atoms with Crippen molar-refractivity contribution in [3.8, 4) is 0 Å². The first kappa shape index (κ1) is 60.8. The quantitative estimate of drug-likeness (QED) is 0.0245. The summed E-state index contributed by atoms with van der Waals surface area (Å²) in [5, 5.41) is 23.8. The molecule has 0 saturated heterocycles. The predicted molar refractivity (Wildman–Crippen MR) is 277 cm³/mol. The number of allylic oxidation sites excluding steroid dienone is 16. The summed E-state index contributed by atoms with van der Waals surface area (Å²) in [6.45, 7) is 6.22. The zero-order chi connectivity index (χ0) is 46.7. The maximum atomic E-state index is 13.2. The van der Waals surface area contributed by atoms with Crippen molar-refractivity contribution < 1.29 is 24.5 Å². The van der Waals surface area contributed by atoms with Crippen LogP contribution in [0.25, 0.3) is 0 Å². The molecular weight excluding hydrogens is 791 g/mol. The summed E-state index contributed by atoms with van der Waals surface area (Å²) in [5.41, 5.74) is 0. The molecule has 3 atom stereocenters. The van der Waals surface area contributed by atoms with Crippen molar-refractivity contribution in [3.05, 3.63) is 97.2 Å². The molecule has 3 unspecified atom stereocenters. The molecule has 0 heterocycles. The molecule has 0 spiro atoms. The Morgan fingerprint density at radius 3 is 1.45 bits per heavy atom. The summed E-state index contributed by atoms with van der Waals surface area (Å²) in [5.74, 6) is -0.545. The number of carbonyl (C=O) groups is 2. The number of esters is 1. The first-order valence-electron chi connectivity index (χ1n) is 26.5. The fourth-order valence-corrected chi connectivity index (χ4v) is 7.62. The molecule has 0 bridgehead atoms.